The van der Waals surface area contributed by atoms with Gasteiger partial charge in [0.15, 0.2) is 0 Å². The van der Waals surface area contributed by atoms with Gasteiger partial charge in [-0.1, -0.05) is 0 Å². The van der Waals surface area contributed by atoms with Crippen molar-refractivity contribution in [2.24, 2.45) is 0 Å². The van der Waals surface area contributed by atoms with E-state index >= 15 is 0 Å². The SMILES string of the molecule is CC(C)(C)OC(=O)CCC(=O)NC1CCC1. The minimum Gasteiger partial charge on any atom is -0.460 e. The van der Waals surface area contributed by atoms with E-state index in [0.717, 1.165) is 12.8 Å². The lowest BCUT2D eigenvalue weighted by molar-refractivity contribution is -0.155. The third-order valence-corrected chi connectivity index (χ3v) is 2.45. The topological polar surface area (TPSA) is 55.4 Å². The second-order valence-electron chi connectivity index (χ2n) is 5.28. The van der Waals surface area contributed by atoms with Gasteiger partial charge in [-0.25, -0.2) is 0 Å². The number of ether oxygens (including phenoxy) is 1. The maximum Gasteiger partial charge on any atom is 0.306 e. The lowest BCUT2D eigenvalue weighted by Crippen LogP contribution is -2.39. The van der Waals surface area contributed by atoms with Gasteiger partial charge in [-0.15, -0.1) is 0 Å². The summed E-state index contributed by atoms with van der Waals surface area (Å²) < 4.78 is 5.11. The van der Waals surface area contributed by atoms with Gasteiger partial charge in [0.1, 0.15) is 5.60 Å². The summed E-state index contributed by atoms with van der Waals surface area (Å²) in [5.41, 5.74) is -0.471. The number of esters is 1. The van der Waals surface area contributed by atoms with E-state index in [-0.39, 0.29) is 24.7 Å². The van der Waals surface area contributed by atoms with E-state index in [1.807, 2.05) is 20.8 Å². The van der Waals surface area contributed by atoms with Crippen LogP contribution in [0.15, 0.2) is 0 Å². The number of carbonyl (C=O) groups is 2. The highest BCUT2D eigenvalue weighted by Gasteiger charge is 2.21. The fourth-order valence-corrected chi connectivity index (χ4v) is 1.46. The fourth-order valence-electron chi connectivity index (χ4n) is 1.46. The summed E-state index contributed by atoms with van der Waals surface area (Å²) in [7, 11) is 0. The van der Waals surface area contributed by atoms with Gasteiger partial charge in [0, 0.05) is 12.5 Å². The van der Waals surface area contributed by atoms with E-state index in [9.17, 15) is 9.59 Å². The van der Waals surface area contributed by atoms with Crippen LogP contribution in [0.2, 0.25) is 0 Å². The molecule has 1 aliphatic rings. The third-order valence-electron chi connectivity index (χ3n) is 2.45. The molecule has 0 saturated heterocycles. The van der Waals surface area contributed by atoms with Crippen LogP contribution in [0.1, 0.15) is 52.9 Å². The molecule has 0 spiro atoms. The Balaban J connectivity index is 2.13. The molecule has 0 bridgehead atoms. The largest absolute Gasteiger partial charge is 0.460 e. The third kappa shape index (κ3) is 5.14. The van der Waals surface area contributed by atoms with Crippen molar-refractivity contribution in [3.63, 3.8) is 0 Å². The molecule has 0 heterocycles. The van der Waals surface area contributed by atoms with Crippen LogP contribution in [-0.4, -0.2) is 23.5 Å². The van der Waals surface area contributed by atoms with Crippen LogP contribution < -0.4 is 5.32 Å². The zero-order chi connectivity index (χ0) is 12.2. The maximum atomic E-state index is 11.4. The maximum absolute atomic E-state index is 11.4. The Bertz CT molecular complexity index is 264. The van der Waals surface area contributed by atoms with Gasteiger partial charge in [-0.05, 0) is 40.0 Å². The molecular formula is C12H21NO3. The monoisotopic (exact) mass is 227 g/mol. The zero-order valence-corrected chi connectivity index (χ0v) is 10.3. The van der Waals surface area contributed by atoms with E-state index in [4.69, 9.17) is 4.74 Å². The molecule has 0 aliphatic heterocycles. The quantitative estimate of drug-likeness (QED) is 0.745. The molecular weight excluding hydrogens is 206 g/mol. The molecule has 1 N–H and O–H groups in total. The molecule has 1 aliphatic carbocycles. The van der Waals surface area contributed by atoms with E-state index < -0.39 is 5.60 Å². The molecule has 1 saturated carbocycles. The highest BCUT2D eigenvalue weighted by atomic mass is 16.6. The lowest BCUT2D eigenvalue weighted by Gasteiger charge is -2.26. The van der Waals surface area contributed by atoms with Crippen molar-refractivity contribution in [1.82, 2.24) is 5.32 Å². The van der Waals surface area contributed by atoms with Crippen molar-refractivity contribution in [3.05, 3.63) is 0 Å². The van der Waals surface area contributed by atoms with Crippen LogP contribution in [0, 0.1) is 0 Å². The van der Waals surface area contributed by atoms with Crippen LogP contribution >= 0.6 is 0 Å². The van der Waals surface area contributed by atoms with E-state index in [1.165, 1.54) is 6.42 Å². The Hall–Kier alpha value is -1.06. The molecule has 1 fully saturated rings. The summed E-state index contributed by atoms with van der Waals surface area (Å²) >= 11 is 0. The minimum absolute atomic E-state index is 0.0458. The van der Waals surface area contributed by atoms with Crippen LogP contribution in [-0.2, 0) is 14.3 Å². The minimum atomic E-state index is -0.471. The van der Waals surface area contributed by atoms with Crippen molar-refractivity contribution >= 4 is 11.9 Å². The lowest BCUT2D eigenvalue weighted by atomic mass is 9.93. The van der Waals surface area contributed by atoms with Crippen molar-refractivity contribution in [2.45, 2.75) is 64.5 Å². The van der Waals surface area contributed by atoms with Gasteiger partial charge in [-0.2, -0.15) is 0 Å². The number of hydrogen-bond acceptors (Lipinski definition) is 3. The first-order valence-corrected chi connectivity index (χ1v) is 5.88. The average Bonchev–Trinajstić information content (AvgIpc) is 2.05. The molecule has 4 heteroatoms. The van der Waals surface area contributed by atoms with Crippen molar-refractivity contribution in [3.8, 4) is 0 Å². The highest BCUT2D eigenvalue weighted by molar-refractivity contribution is 5.81. The Morgan fingerprint density at radius 1 is 1.25 bits per heavy atom. The van der Waals surface area contributed by atoms with E-state index in [1.54, 1.807) is 0 Å². The zero-order valence-electron chi connectivity index (χ0n) is 10.3. The predicted molar refractivity (Wildman–Crippen MR) is 60.9 cm³/mol. The molecule has 0 radical (unpaired) electrons. The highest BCUT2D eigenvalue weighted by Crippen LogP contribution is 2.18. The number of amides is 1. The Morgan fingerprint density at radius 3 is 2.31 bits per heavy atom. The molecule has 0 atom stereocenters. The second-order valence-corrected chi connectivity index (χ2v) is 5.28. The first-order chi connectivity index (χ1) is 7.37. The van der Waals surface area contributed by atoms with Crippen LogP contribution in [0.25, 0.3) is 0 Å². The molecule has 4 nitrogen and oxygen atoms in total. The van der Waals surface area contributed by atoms with E-state index in [2.05, 4.69) is 5.32 Å². The molecule has 0 aromatic rings. The van der Waals surface area contributed by atoms with Gasteiger partial charge in [0.2, 0.25) is 5.91 Å². The fraction of sp³-hybridized carbons (Fsp3) is 0.833. The van der Waals surface area contributed by atoms with Crippen molar-refractivity contribution in [1.29, 1.82) is 0 Å². The summed E-state index contributed by atoms with van der Waals surface area (Å²) in [4.78, 5) is 22.7. The molecule has 0 unspecified atom stereocenters. The summed E-state index contributed by atoms with van der Waals surface area (Å²) in [5, 5.41) is 2.89. The molecule has 92 valence electrons. The van der Waals surface area contributed by atoms with Gasteiger partial charge in [0.25, 0.3) is 0 Å². The average molecular weight is 227 g/mol. The number of carbonyl (C=O) groups excluding carboxylic acids is 2. The number of nitrogens with one attached hydrogen (secondary N) is 1. The van der Waals surface area contributed by atoms with Crippen LogP contribution in [0.4, 0.5) is 0 Å². The molecule has 0 aromatic carbocycles. The first kappa shape index (κ1) is 13.0. The molecule has 16 heavy (non-hydrogen) atoms. The summed E-state index contributed by atoms with van der Waals surface area (Å²) in [5.74, 6) is -0.355. The Labute approximate surface area is 96.7 Å². The normalized spacial score (nSPS) is 16.4. The number of rotatable bonds is 4. The Morgan fingerprint density at radius 2 is 1.88 bits per heavy atom. The van der Waals surface area contributed by atoms with Crippen molar-refractivity contribution < 1.29 is 14.3 Å². The predicted octanol–water partition coefficient (Wildman–Crippen LogP) is 1.78. The van der Waals surface area contributed by atoms with Gasteiger partial charge in [-0.3, -0.25) is 9.59 Å². The van der Waals surface area contributed by atoms with Crippen LogP contribution in [0.5, 0.6) is 0 Å². The first-order valence-electron chi connectivity index (χ1n) is 5.88. The van der Waals surface area contributed by atoms with Crippen molar-refractivity contribution in [2.75, 3.05) is 0 Å². The second kappa shape index (κ2) is 5.32. The van der Waals surface area contributed by atoms with Gasteiger partial charge in [0.05, 0.1) is 6.42 Å². The molecule has 1 rings (SSSR count). The van der Waals surface area contributed by atoms with Crippen LogP contribution in [0.3, 0.4) is 0 Å². The van der Waals surface area contributed by atoms with Gasteiger partial charge >= 0.3 is 5.97 Å². The Kier molecular flexibility index (Phi) is 4.33. The molecule has 0 aromatic heterocycles. The van der Waals surface area contributed by atoms with E-state index in [0.29, 0.717) is 6.04 Å². The summed E-state index contributed by atoms with van der Waals surface area (Å²) in [6.07, 6.45) is 3.72. The smallest absolute Gasteiger partial charge is 0.306 e. The van der Waals surface area contributed by atoms with Gasteiger partial charge < -0.3 is 10.1 Å². The number of hydrogen-bond donors (Lipinski definition) is 1. The summed E-state index contributed by atoms with van der Waals surface area (Å²) in [6, 6.07) is 0.339. The molecule has 1 amide bonds. The standard InChI is InChI=1S/C12H21NO3/c1-12(2,3)16-11(15)8-7-10(14)13-9-5-4-6-9/h9H,4-8H2,1-3H3,(H,13,14). The summed E-state index contributed by atoms with van der Waals surface area (Å²) in [6.45, 7) is 5.46.